The van der Waals surface area contributed by atoms with Crippen LogP contribution in [0.4, 0.5) is 17.1 Å². The van der Waals surface area contributed by atoms with Gasteiger partial charge in [-0.2, -0.15) is 0 Å². The maximum atomic E-state index is 12.6. The number of hydrogen-bond donors (Lipinski definition) is 2. The van der Waals surface area contributed by atoms with Crippen molar-refractivity contribution in [1.29, 1.82) is 0 Å². The lowest BCUT2D eigenvalue weighted by molar-refractivity contribution is -0.114. The molecule has 0 fully saturated rings. The van der Waals surface area contributed by atoms with Crippen molar-refractivity contribution in [2.45, 2.75) is 13.3 Å². The molecule has 0 radical (unpaired) electrons. The summed E-state index contributed by atoms with van der Waals surface area (Å²) in [6.07, 6.45) is 1.70. The summed E-state index contributed by atoms with van der Waals surface area (Å²) in [7, 11) is -3.34. The van der Waals surface area contributed by atoms with Crippen molar-refractivity contribution in [2.24, 2.45) is 0 Å². The van der Waals surface area contributed by atoms with Crippen LogP contribution in [0.2, 0.25) is 5.02 Å². The van der Waals surface area contributed by atoms with Gasteiger partial charge in [0.25, 0.3) is 5.91 Å². The van der Waals surface area contributed by atoms with Gasteiger partial charge in [0.15, 0.2) is 0 Å². The summed E-state index contributed by atoms with van der Waals surface area (Å²) in [4.78, 5) is 24.0. The number of nitrogens with zero attached hydrogens (tertiary/aromatic N) is 1. The van der Waals surface area contributed by atoms with Crippen molar-refractivity contribution in [3.63, 3.8) is 0 Å². The van der Waals surface area contributed by atoms with Crippen LogP contribution in [0.1, 0.15) is 22.8 Å². The van der Waals surface area contributed by atoms with Gasteiger partial charge in [0.05, 0.1) is 23.3 Å². The number of fused-ring (bicyclic) bond motifs is 1. The van der Waals surface area contributed by atoms with E-state index >= 15 is 0 Å². The molecular formula is C18H18ClN3O4S. The lowest BCUT2D eigenvalue weighted by atomic mass is 10.1. The lowest BCUT2D eigenvalue weighted by Crippen LogP contribution is -2.27. The predicted molar refractivity (Wildman–Crippen MR) is 106 cm³/mol. The molecule has 2 aromatic carbocycles. The molecule has 0 saturated carbocycles. The molecule has 2 amide bonds. The van der Waals surface area contributed by atoms with Crippen LogP contribution >= 0.6 is 11.6 Å². The Labute approximate surface area is 162 Å². The topological polar surface area (TPSA) is 95.6 Å². The number of rotatable bonds is 4. The summed E-state index contributed by atoms with van der Waals surface area (Å²) in [6, 6.07) is 9.64. The third kappa shape index (κ3) is 4.23. The first-order valence-electron chi connectivity index (χ1n) is 8.14. The Morgan fingerprint density at radius 1 is 1.07 bits per heavy atom. The zero-order valence-electron chi connectivity index (χ0n) is 14.7. The van der Waals surface area contributed by atoms with Crippen molar-refractivity contribution >= 4 is 50.5 Å². The second-order valence-electron chi connectivity index (χ2n) is 6.25. The van der Waals surface area contributed by atoms with Gasteiger partial charge >= 0.3 is 0 Å². The fourth-order valence-electron chi connectivity index (χ4n) is 2.97. The van der Waals surface area contributed by atoms with Crippen LogP contribution < -0.4 is 14.9 Å². The maximum absolute atomic E-state index is 12.6. The number of sulfonamides is 1. The third-order valence-corrected chi connectivity index (χ3v) is 5.55. The molecule has 142 valence electrons. The van der Waals surface area contributed by atoms with E-state index in [9.17, 15) is 18.0 Å². The fraction of sp³-hybridized carbons (Fsp3) is 0.222. The molecule has 1 aliphatic rings. The van der Waals surface area contributed by atoms with Crippen molar-refractivity contribution < 1.29 is 18.0 Å². The molecule has 2 aromatic rings. The van der Waals surface area contributed by atoms with Gasteiger partial charge in [-0.15, -0.1) is 0 Å². The Morgan fingerprint density at radius 2 is 1.81 bits per heavy atom. The SMILES string of the molecule is CC(=O)Nc1ccc(Cl)cc1NC(=O)c1ccc2c(c1)CCN2S(C)(=O)=O. The molecule has 0 spiro atoms. The number of anilines is 3. The van der Waals surface area contributed by atoms with Gasteiger partial charge in [0.2, 0.25) is 15.9 Å². The molecule has 0 aliphatic carbocycles. The Kier molecular flexibility index (Phi) is 5.12. The normalized spacial score (nSPS) is 13.2. The highest BCUT2D eigenvalue weighted by Gasteiger charge is 2.26. The fourth-order valence-corrected chi connectivity index (χ4v) is 4.10. The van der Waals surface area contributed by atoms with Gasteiger partial charge in [-0.3, -0.25) is 13.9 Å². The molecule has 2 N–H and O–H groups in total. The number of hydrogen-bond acceptors (Lipinski definition) is 4. The first-order valence-corrected chi connectivity index (χ1v) is 10.4. The molecule has 1 heterocycles. The molecule has 27 heavy (non-hydrogen) atoms. The zero-order valence-corrected chi connectivity index (χ0v) is 16.3. The van der Waals surface area contributed by atoms with Gasteiger partial charge in [0, 0.05) is 24.1 Å². The third-order valence-electron chi connectivity index (χ3n) is 4.14. The summed E-state index contributed by atoms with van der Waals surface area (Å²) in [5.41, 5.74) is 2.58. The van der Waals surface area contributed by atoms with E-state index in [2.05, 4.69) is 10.6 Å². The van der Waals surface area contributed by atoms with E-state index in [4.69, 9.17) is 11.6 Å². The second kappa shape index (κ2) is 7.21. The van der Waals surface area contributed by atoms with E-state index in [1.54, 1.807) is 36.4 Å². The molecule has 0 unspecified atom stereocenters. The molecular weight excluding hydrogens is 390 g/mol. The number of nitrogens with one attached hydrogen (secondary N) is 2. The largest absolute Gasteiger partial charge is 0.325 e. The van der Waals surface area contributed by atoms with Crippen molar-refractivity contribution in [3.05, 3.63) is 52.5 Å². The summed E-state index contributed by atoms with van der Waals surface area (Å²) < 4.78 is 25.0. The average Bonchev–Trinajstić information content (AvgIpc) is 3.00. The van der Waals surface area contributed by atoms with Gasteiger partial charge < -0.3 is 10.6 Å². The zero-order chi connectivity index (χ0) is 19.8. The highest BCUT2D eigenvalue weighted by molar-refractivity contribution is 7.92. The van der Waals surface area contributed by atoms with Crippen molar-refractivity contribution in [2.75, 3.05) is 27.7 Å². The highest BCUT2D eigenvalue weighted by Crippen LogP contribution is 2.31. The number of carbonyl (C=O) groups excluding carboxylic acids is 2. The molecule has 3 rings (SSSR count). The van der Waals surface area contributed by atoms with Crippen LogP contribution in [0.3, 0.4) is 0 Å². The van der Waals surface area contributed by atoms with Crippen LogP contribution in [0.15, 0.2) is 36.4 Å². The van der Waals surface area contributed by atoms with E-state index in [1.165, 1.54) is 11.2 Å². The first-order chi connectivity index (χ1) is 12.6. The molecule has 0 saturated heterocycles. The number of benzene rings is 2. The van der Waals surface area contributed by atoms with E-state index in [0.29, 0.717) is 40.6 Å². The summed E-state index contributed by atoms with van der Waals surface area (Å²) >= 11 is 5.99. The van der Waals surface area contributed by atoms with Gasteiger partial charge in [-0.05, 0) is 48.4 Å². The van der Waals surface area contributed by atoms with Gasteiger partial charge in [-0.1, -0.05) is 11.6 Å². The molecule has 0 aromatic heterocycles. The monoisotopic (exact) mass is 407 g/mol. The van der Waals surface area contributed by atoms with E-state index in [0.717, 1.165) is 11.8 Å². The van der Waals surface area contributed by atoms with Crippen LogP contribution in [0.5, 0.6) is 0 Å². The minimum absolute atomic E-state index is 0.272. The number of amides is 2. The van der Waals surface area contributed by atoms with Crippen LogP contribution in [0, 0.1) is 0 Å². The van der Waals surface area contributed by atoms with Crippen molar-refractivity contribution in [1.82, 2.24) is 0 Å². The molecule has 9 heteroatoms. The average molecular weight is 408 g/mol. The highest BCUT2D eigenvalue weighted by atomic mass is 35.5. The Balaban J connectivity index is 1.86. The Morgan fingerprint density at radius 3 is 2.48 bits per heavy atom. The Bertz CT molecular complexity index is 1040. The predicted octanol–water partition coefficient (Wildman–Crippen LogP) is 2.87. The van der Waals surface area contributed by atoms with E-state index < -0.39 is 10.0 Å². The second-order valence-corrected chi connectivity index (χ2v) is 8.60. The maximum Gasteiger partial charge on any atom is 0.255 e. The van der Waals surface area contributed by atoms with Crippen LogP contribution in [-0.4, -0.2) is 33.0 Å². The Hall–Kier alpha value is -2.58. The summed E-state index contributed by atoms with van der Waals surface area (Å²) in [5, 5.41) is 5.79. The summed E-state index contributed by atoms with van der Waals surface area (Å²) in [6.45, 7) is 1.73. The lowest BCUT2D eigenvalue weighted by Gasteiger charge is -2.16. The quantitative estimate of drug-likeness (QED) is 0.814. The van der Waals surface area contributed by atoms with Crippen molar-refractivity contribution in [3.8, 4) is 0 Å². The molecule has 0 bridgehead atoms. The minimum atomic E-state index is -3.34. The molecule has 1 aliphatic heterocycles. The number of carbonyl (C=O) groups is 2. The van der Waals surface area contributed by atoms with Crippen LogP contribution in [-0.2, 0) is 21.2 Å². The smallest absolute Gasteiger partial charge is 0.255 e. The summed E-state index contributed by atoms with van der Waals surface area (Å²) in [5.74, 6) is -0.657. The van der Waals surface area contributed by atoms with E-state index in [1.807, 2.05) is 0 Å². The number of halogens is 1. The van der Waals surface area contributed by atoms with Crippen LogP contribution in [0.25, 0.3) is 0 Å². The minimum Gasteiger partial charge on any atom is -0.325 e. The first kappa shape index (κ1) is 19.2. The molecule has 7 nitrogen and oxygen atoms in total. The van der Waals surface area contributed by atoms with E-state index in [-0.39, 0.29) is 11.8 Å². The standard InChI is InChI=1S/C18H18ClN3O4S/c1-11(23)20-15-5-4-14(19)10-16(15)21-18(24)13-3-6-17-12(9-13)7-8-22(17)27(2,25)26/h3-6,9-10H,7-8H2,1-2H3,(H,20,23)(H,21,24). The molecule has 0 atom stereocenters. The van der Waals surface area contributed by atoms with Gasteiger partial charge in [-0.25, -0.2) is 8.42 Å². The van der Waals surface area contributed by atoms with Gasteiger partial charge in [0.1, 0.15) is 0 Å².